The van der Waals surface area contributed by atoms with E-state index >= 15 is 0 Å². The predicted molar refractivity (Wildman–Crippen MR) is 97.8 cm³/mol. The molecule has 3 rings (SSSR count). The molecule has 2 aromatic heterocycles. The van der Waals surface area contributed by atoms with Crippen molar-refractivity contribution in [3.63, 3.8) is 0 Å². The molecule has 1 saturated heterocycles. The van der Waals surface area contributed by atoms with Crippen molar-refractivity contribution in [2.24, 2.45) is 0 Å². The molecule has 0 spiro atoms. The first-order valence-corrected chi connectivity index (χ1v) is 8.33. The van der Waals surface area contributed by atoms with Gasteiger partial charge in [-0.15, -0.1) is 6.58 Å². The van der Waals surface area contributed by atoms with Gasteiger partial charge >= 0.3 is 0 Å². The Balaban J connectivity index is 1.66. The Morgan fingerprint density at radius 3 is 2.76 bits per heavy atom. The standard InChI is InChI=1S/C18H22N6O/c1-3-7-19-16-13-15(21-14(2)22-16)18(25)24-11-9-23(10-12-24)17-6-4-5-8-20-17/h3-6,8,13H,1,7,9-12H2,2H3,(H,19,21,22). The van der Waals surface area contributed by atoms with E-state index in [-0.39, 0.29) is 5.91 Å². The number of amides is 1. The van der Waals surface area contributed by atoms with Gasteiger partial charge in [0.25, 0.3) is 5.91 Å². The molecule has 0 atom stereocenters. The number of nitrogens with zero attached hydrogens (tertiary/aromatic N) is 5. The number of anilines is 2. The number of aryl methyl sites for hydroxylation is 1. The molecular formula is C18H22N6O. The average molecular weight is 338 g/mol. The summed E-state index contributed by atoms with van der Waals surface area (Å²) in [5.74, 6) is 2.10. The first kappa shape index (κ1) is 16.9. The molecule has 0 aliphatic carbocycles. The third kappa shape index (κ3) is 4.12. The molecule has 0 aromatic carbocycles. The molecule has 0 bridgehead atoms. The van der Waals surface area contributed by atoms with Crippen LogP contribution in [0.25, 0.3) is 0 Å². The lowest BCUT2D eigenvalue weighted by Gasteiger charge is -2.35. The first-order valence-electron chi connectivity index (χ1n) is 8.33. The van der Waals surface area contributed by atoms with Gasteiger partial charge in [0.1, 0.15) is 23.2 Å². The van der Waals surface area contributed by atoms with E-state index in [1.54, 1.807) is 25.3 Å². The van der Waals surface area contributed by atoms with Crippen LogP contribution in [0.3, 0.4) is 0 Å². The van der Waals surface area contributed by atoms with Gasteiger partial charge in [0.2, 0.25) is 0 Å². The fourth-order valence-corrected chi connectivity index (χ4v) is 2.79. The average Bonchev–Trinajstić information content (AvgIpc) is 2.66. The van der Waals surface area contributed by atoms with Gasteiger partial charge in [-0.05, 0) is 19.1 Å². The number of hydrogen-bond donors (Lipinski definition) is 1. The molecule has 0 saturated carbocycles. The minimum Gasteiger partial charge on any atom is -0.366 e. The Kier molecular flexibility index (Phi) is 5.23. The van der Waals surface area contributed by atoms with E-state index in [1.807, 2.05) is 23.1 Å². The zero-order valence-electron chi connectivity index (χ0n) is 14.4. The van der Waals surface area contributed by atoms with Crippen LogP contribution < -0.4 is 10.2 Å². The molecule has 1 amide bonds. The summed E-state index contributed by atoms with van der Waals surface area (Å²) in [7, 11) is 0. The summed E-state index contributed by atoms with van der Waals surface area (Å²) in [5, 5.41) is 3.11. The maximum atomic E-state index is 12.8. The molecule has 1 aliphatic heterocycles. The van der Waals surface area contributed by atoms with Crippen molar-refractivity contribution < 1.29 is 4.79 Å². The van der Waals surface area contributed by atoms with Crippen LogP contribution in [0.1, 0.15) is 16.3 Å². The van der Waals surface area contributed by atoms with Crippen LogP contribution in [0.4, 0.5) is 11.6 Å². The maximum absolute atomic E-state index is 12.8. The van der Waals surface area contributed by atoms with Gasteiger partial charge in [0.05, 0.1) is 0 Å². The van der Waals surface area contributed by atoms with Gasteiger partial charge in [-0.25, -0.2) is 15.0 Å². The summed E-state index contributed by atoms with van der Waals surface area (Å²) in [6.45, 7) is 8.86. The summed E-state index contributed by atoms with van der Waals surface area (Å²) in [6, 6.07) is 7.56. The molecule has 3 heterocycles. The smallest absolute Gasteiger partial charge is 0.272 e. The molecule has 7 heteroatoms. The van der Waals surface area contributed by atoms with Crippen molar-refractivity contribution in [2.45, 2.75) is 6.92 Å². The van der Waals surface area contributed by atoms with Gasteiger partial charge in [0.15, 0.2) is 0 Å². The number of pyridine rings is 1. The SMILES string of the molecule is C=CCNc1cc(C(=O)N2CCN(c3ccccn3)CC2)nc(C)n1. The third-order valence-corrected chi connectivity index (χ3v) is 4.02. The lowest BCUT2D eigenvalue weighted by molar-refractivity contribution is 0.0740. The van der Waals surface area contributed by atoms with E-state index in [0.717, 1.165) is 18.9 Å². The molecule has 0 radical (unpaired) electrons. The Morgan fingerprint density at radius 1 is 1.28 bits per heavy atom. The molecule has 130 valence electrons. The van der Waals surface area contributed by atoms with Gasteiger partial charge < -0.3 is 15.1 Å². The lowest BCUT2D eigenvalue weighted by Crippen LogP contribution is -2.49. The monoisotopic (exact) mass is 338 g/mol. The van der Waals surface area contributed by atoms with Gasteiger partial charge in [-0.2, -0.15) is 0 Å². The van der Waals surface area contributed by atoms with Crippen LogP contribution in [-0.4, -0.2) is 58.5 Å². The summed E-state index contributed by atoms with van der Waals surface area (Å²) in [4.78, 5) is 29.8. The van der Waals surface area contributed by atoms with Gasteiger partial charge in [0, 0.05) is 45.0 Å². The number of hydrogen-bond acceptors (Lipinski definition) is 6. The van der Waals surface area contributed by atoms with E-state index in [0.29, 0.717) is 37.0 Å². The van der Waals surface area contributed by atoms with Crippen LogP contribution in [0.5, 0.6) is 0 Å². The number of carbonyl (C=O) groups is 1. The fourth-order valence-electron chi connectivity index (χ4n) is 2.79. The van der Waals surface area contributed by atoms with Crippen molar-refractivity contribution >= 4 is 17.5 Å². The van der Waals surface area contributed by atoms with Gasteiger partial charge in [-0.1, -0.05) is 12.1 Å². The fraction of sp³-hybridized carbons (Fsp3) is 0.333. The van der Waals surface area contributed by atoms with E-state index in [1.165, 1.54) is 0 Å². The largest absolute Gasteiger partial charge is 0.366 e. The molecular weight excluding hydrogens is 316 g/mol. The second kappa shape index (κ2) is 7.74. The Morgan fingerprint density at radius 2 is 2.08 bits per heavy atom. The highest BCUT2D eigenvalue weighted by Gasteiger charge is 2.24. The highest BCUT2D eigenvalue weighted by Crippen LogP contribution is 2.15. The van der Waals surface area contributed by atoms with Crippen LogP contribution in [0.2, 0.25) is 0 Å². The number of piperazine rings is 1. The molecule has 7 nitrogen and oxygen atoms in total. The van der Waals surface area contributed by atoms with Crippen molar-refractivity contribution in [1.29, 1.82) is 0 Å². The quantitative estimate of drug-likeness (QED) is 0.837. The molecule has 1 fully saturated rings. The van der Waals surface area contributed by atoms with Crippen molar-refractivity contribution in [2.75, 3.05) is 42.9 Å². The molecule has 0 unspecified atom stereocenters. The summed E-state index contributed by atoms with van der Waals surface area (Å²) < 4.78 is 0. The Labute approximate surface area is 147 Å². The molecule has 1 aliphatic rings. The first-order chi connectivity index (χ1) is 12.2. The maximum Gasteiger partial charge on any atom is 0.272 e. The third-order valence-electron chi connectivity index (χ3n) is 4.02. The van der Waals surface area contributed by atoms with Crippen LogP contribution >= 0.6 is 0 Å². The minimum atomic E-state index is -0.0622. The summed E-state index contributed by atoms with van der Waals surface area (Å²) in [6.07, 6.45) is 3.53. The molecule has 25 heavy (non-hydrogen) atoms. The predicted octanol–water partition coefficient (Wildman–Crippen LogP) is 1.74. The van der Waals surface area contributed by atoms with E-state index in [9.17, 15) is 4.79 Å². The second-order valence-corrected chi connectivity index (χ2v) is 5.82. The highest BCUT2D eigenvalue weighted by molar-refractivity contribution is 5.93. The molecule has 1 N–H and O–H groups in total. The van der Waals surface area contributed by atoms with Crippen molar-refractivity contribution in [3.05, 3.63) is 54.6 Å². The number of aromatic nitrogens is 3. The van der Waals surface area contributed by atoms with Crippen molar-refractivity contribution in [3.8, 4) is 0 Å². The normalized spacial score (nSPS) is 14.3. The zero-order chi connectivity index (χ0) is 17.6. The summed E-state index contributed by atoms with van der Waals surface area (Å²) >= 11 is 0. The second-order valence-electron chi connectivity index (χ2n) is 5.82. The highest BCUT2D eigenvalue weighted by atomic mass is 16.2. The molecule has 2 aromatic rings. The van der Waals surface area contributed by atoms with Gasteiger partial charge in [-0.3, -0.25) is 4.79 Å². The van der Waals surface area contributed by atoms with Crippen LogP contribution in [0, 0.1) is 6.92 Å². The van der Waals surface area contributed by atoms with E-state index in [2.05, 4.69) is 31.7 Å². The number of carbonyl (C=O) groups excluding carboxylic acids is 1. The topological polar surface area (TPSA) is 74.2 Å². The van der Waals surface area contributed by atoms with Crippen LogP contribution in [-0.2, 0) is 0 Å². The Hall–Kier alpha value is -2.96. The van der Waals surface area contributed by atoms with Crippen molar-refractivity contribution in [1.82, 2.24) is 19.9 Å². The van der Waals surface area contributed by atoms with E-state index < -0.39 is 0 Å². The van der Waals surface area contributed by atoms with Crippen LogP contribution in [0.15, 0.2) is 43.1 Å². The summed E-state index contributed by atoms with van der Waals surface area (Å²) in [5.41, 5.74) is 0.422. The minimum absolute atomic E-state index is 0.0622. The number of nitrogens with one attached hydrogen (secondary N) is 1. The van der Waals surface area contributed by atoms with E-state index in [4.69, 9.17) is 0 Å². The Bertz CT molecular complexity index is 740. The lowest BCUT2D eigenvalue weighted by atomic mass is 10.2. The number of rotatable bonds is 5. The zero-order valence-corrected chi connectivity index (χ0v) is 14.4.